The molecule has 2 heterocycles. The van der Waals surface area contributed by atoms with E-state index < -0.39 is 0 Å². The number of hydrogen-bond donors (Lipinski definition) is 0. The highest BCUT2D eigenvalue weighted by Crippen LogP contribution is 2.55. The normalized spacial score (nSPS) is 11.9. The maximum atomic E-state index is 2.65. The molecule has 0 spiro atoms. The predicted molar refractivity (Wildman–Crippen MR) is 446 cm³/mol. The average molecular weight is 1330 g/mol. The van der Waals surface area contributed by atoms with Crippen LogP contribution < -0.4 is 26.2 Å². The summed E-state index contributed by atoms with van der Waals surface area (Å²) in [6.07, 6.45) is 0. The van der Waals surface area contributed by atoms with Gasteiger partial charge in [0.25, 0.3) is 6.71 Å². The van der Waals surface area contributed by atoms with Gasteiger partial charge in [0.05, 0.1) is 11.4 Å². The molecule has 0 saturated heterocycles. The van der Waals surface area contributed by atoms with E-state index in [2.05, 4.69) is 428 Å². The fourth-order valence-corrected chi connectivity index (χ4v) is 16.3. The first-order valence-electron chi connectivity index (χ1n) is 36.3. The Kier molecular flexibility index (Phi) is 16.1. The Morgan fingerprint density at radius 1 is 0.143 bits per heavy atom. The fourth-order valence-electron chi connectivity index (χ4n) is 16.3. The quantitative estimate of drug-likeness (QED) is 0.100. The highest BCUT2D eigenvalue weighted by atomic mass is 15.2. The van der Waals surface area contributed by atoms with Gasteiger partial charge in [-0.3, -0.25) is 0 Å². The summed E-state index contributed by atoms with van der Waals surface area (Å²) >= 11 is 0. The Hall–Kier alpha value is -13.6. The number of fused-ring (bicyclic) bond motifs is 4. The van der Waals surface area contributed by atoms with Gasteiger partial charge in [-0.15, -0.1) is 0 Å². The average Bonchev–Trinajstić information content (AvgIpc) is 0.694. The van der Waals surface area contributed by atoms with Crippen LogP contribution in [0.2, 0.25) is 0 Å². The lowest BCUT2D eigenvalue weighted by atomic mass is 9.33. The van der Waals surface area contributed by atoms with Crippen molar-refractivity contribution < 1.29 is 0 Å². The zero-order chi connectivity index (χ0) is 69.6. The Labute approximate surface area is 615 Å². The first-order valence-corrected chi connectivity index (χ1v) is 36.3. The van der Waals surface area contributed by atoms with Crippen LogP contribution in [-0.2, 0) is 0 Å². The van der Waals surface area contributed by atoms with Crippen LogP contribution in [0.4, 0.5) is 34.1 Å². The molecule has 0 aliphatic carbocycles. The largest absolute Gasteiger partial charge is 0.310 e. The first-order chi connectivity index (χ1) is 52.1. The summed E-state index contributed by atoms with van der Waals surface area (Å²) in [5.74, 6) is 0. The summed E-state index contributed by atoms with van der Waals surface area (Å²) < 4.78 is 0. The van der Waals surface area contributed by atoms with Crippen LogP contribution in [0.3, 0.4) is 0 Å². The Morgan fingerprint density at radius 2 is 0.352 bits per heavy atom. The molecule has 0 radical (unpaired) electrons. The van der Waals surface area contributed by atoms with Crippen molar-refractivity contribution in [3.63, 3.8) is 0 Å². The highest BCUT2D eigenvalue weighted by Gasteiger charge is 2.45. The summed E-state index contributed by atoms with van der Waals surface area (Å²) in [4.78, 5) is 5.30. The summed E-state index contributed by atoms with van der Waals surface area (Å²) in [7, 11) is 0. The Bertz CT molecular complexity index is 5430. The molecule has 0 unspecified atom stereocenters. The minimum absolute atomic E-state index is 0.227. The van der Waals surface area contributed by atoms with Crippen molar-refractivity contribution in [3.8, 4) is 134 Å². The Balaban J connectivity index is 0.921. The van der Waals surface area contributed by atoms with Gasteiger partial charge in [-0.2, -0.15) is 0 Å². The van der Waals surface area contributed by atoms with Crippen LogP contribution in [0.15, 0.2) is 419 Å². The maximum Gasteiger partial charge on any atom is 0.252 e. The lowest BCUT2D eigenvalue weighted by Crippen LogP contribution is -2.61. The van der Waals surface area contributed by atoms with Crippen molar-refractivity contribution in [1.29, 1.82) is 0 Å². The van der Waals surface area contributed by atoms with Crippen LogP contribution in [0.25, 0.3) is 134 Å². The van der Waals surface area contributed by atoms with Crippen molar-refractivity contribution in [2.24, 2.45) is 0 Å². The molecular formula is C102H69BN2. The molecule has 19 rings (SSSR count). The molecule has 0 amide bonds. The fraction of sp³-hybridized carbons (Fsp3) is 0. The van der Waals surface area contributed by atoms with Gasteiger partial charge >= 0.3 is 0 Å². The van der Waals surface area contributed by atoms with E-state index >= 15 is 0 Å². The van der Waals surface area contributed by atoms with E-state index in [0.29, 0.717) is 0 Å². The van der Waals surface area contributed by atoms with Gasteiger partial charge in [0.2, 0.25) is 0 Å². The van der Waals surface area contributed by atoms with E-state index in [9.17, 15) is 0 Å². The minimum Gasteiger partial charge on any atom is -0.310 e. The van der Waals surface area contributed by atoms with Crippen molar-refractivity contribution in [2.75, 3.05) is 9.80 Å². The van der Waals surface area contributed by atoms with E-state index in [1.165, 1.54) is 49.8 Å². The SMILES string of the molecule is c1ccc(-c2cc(-c3ccccc3)cc(-c3cc(-c4ccccc4)c(N4c5ccc(-c6ccccc6)cc5B5c6cc(-c7ccccc7)ccc6N(c6c(-c7ccccc7)cc(-c7cc(-c8ccccc8)cc(-c8ccccc8)c7)cc6-c6ccccc6)c6cccc4c65)c(-c4ccccc4)c3)c2)cc1. The summed E-state index contributed by atoms with van der Waals surface area (Å²) in [5, 5.41) is 0. The van der Waals surface area contributed by atoms with Gasteiger partial charge < -0.3 is 9.80 Å². The van der Waals surface area contributed by atoms with Crippen LogP contribution in [-0.4, -0.2) is 6.71 Å². The monoisotopic (exact) mass is 1330 g/mol. The number of anilines is 6. The van der Waals surface area contributed by atoms with Crippen LogP contribution in [0, 0.1) is 0 Å². The highest BCUT2D eigenvalue weighted by molar-refractivity contribution is 7.00. The van der Waals surface area contributed by atoms with E-state index in [4.69, 9.17) is 0 Å². The molecule has 490 valence electrons. The van der Waals surface area contributed by atoms with Crippen LogP contribution in [0.1, 0.15) is 0 Å². The molecule has 17 aromatic rings. The minimum atomic E-state index is -0.227. The molecule has 17 aromatic carbocycles. The first kappa shape index (κ1) is 62.4. The van der Waals surface area contributed by atoms with Gasteiger partial charge in [-0.05, 0) is 213 Å². The predicted octanol–water partition coefficient (Wildman–Crippen LogP) is 25.8. The third kappa shape index (κ3) is 11.6. The van der Waals surface area contributed by atoms with E-state index in [0.717, 1.165) is 134 Å². The molecule has 2 aliphatic heterocycles. The molecule has 0 aromatic heterocycles. The second kappa shape index (κ2) is 27.1. The van der Waals surface area contributed by atoms with Crippen molar-refractivity contribution in [2.45, 2.75) is 0 Å². The van der Waals surface area contributed by atoms with Gasteiger partial charge in [0.1, 0.15) is 0 Å². The van der Waals surface area contributed by atoms with E-state index in [1.807, 2.05) is 0 Å². The second-order valence-corrected chi connectivity index (χ2v) is 27.5. The molecule has 0 N–H and O–H groups in total. The van der Waals surface area contributed by atoms with E-state index in [1.54, 1.807) is 0 Å². The molecule has 2 nitrogen and oxygen atoms in total. The summed E-state index contributed by atoms with van der Waals surface area (Å²) in [6.45, 7) is -0.227. The molecule has 2 aliphatic rings. The topological polar surface area (TPSA) is 6.48 Å². The lowest BCUT2D eigenvalue weighted by molar-refractivity contribution is 1.25. The van der Waals surface area contributed by atoms with Gasteiger partial charge in [-0.25, -0.2) is 0 Å². The standard InChI is InChI=1S/C102H69BN2/c1-11-32-70(33-12-1)80-54-56-96-94(68-80)103-95-69-81(71-34-13-2-14-35-71)55-57-97(95)105(102-92(78-48-27-9-28-49-78)66-89(67-93(102)79-50-29-10-30-51-79)87-62-84(74-40-19-5-20-41-74)59-85(63-87)75-42-21-6-22-43-75)99-53-31-52-98(100(99)103)104(96)101-90(76-44-23-7-24-45-76)64-88(65-91(101)77-46-25-8-26-47-77)86-60-82(72-36-15-3-16-37-72)58-83(61-86)73-38-17-4-18-39-73/h1-69H. The number of hydrogen-bond acceptors (Lipinski definition) is 2. The smallest absolute Gasteiger partial charge is 0.252 e. The van der Waals surface area contributed by atoms with Crippen LogP contribution >= 0.6 is 0 Å². The third-order valence-electron chi connectivity index (χ3n) is 21.2. The number of rotatable bonds is 14. The molecular weight excluding hydrogens is 1260 g/mol. The third-order valence-corrected chi connectivity index (χ3v) is 21.2. The van der Waals surface area contributed by atoms with Crippen LogP contribution in [0.5, 0.6) is 0 Å². The Morgan fingerprint density at radius 3 is 0.600 bits per heavy atom. The molecule has 3 heteroatoms. The zero-order valence-electron chi connectivity index (χ0n) is 57.8. The molecule has 0 atom stereocenters. The van der Waals surface area contributed by atoms with Crippen molar-refractivity contribution in [1.82, 2.24) is 0 Å². The zero-order valence-corrected chi connectivity index (χ0v) is 57.8. The number of benzene rings is 17. The van der Waals surface area contributed by atoms with Crippen molar-refractivity contribution >= 4 is 57.2 Å². The van der Waals surface area contributed by atoms with Gasteiger partial charge in [0.15, 0.2) is 0 Å². The maximum absolute atomic E-state index is 2.65. The van der Waals surface area contributed by atoms with Crippen molar-refractivity contribution in [3.05, 3.63) is 419 Å². The lowest BCUT2D eigenvalue weighted by Gasteiger charge is -2.46. The summed E-state index contributed by atoms with van der Waals surface area (Å²) in [6, 6.07) is 155. The van der Waals surface area contributed by atoms with E-state index in [-0.39, 0.29) is 6.71 Å². The second-order valence-electron chi connectivity index (χ2n) is 27.5. The van der Waals surface area contributed by atoms with Gasteiger partial charge in [-0.1, -0.05) is 334 Å². The molecule has 0 bridgehead atoms. The molecule has 0 fully saturated rings. The number of nitrogens with zero attached hydrogens (tertiary/aromatic N) is 2. The molecule has 105 heavy (non-hydrogen) atoms. The molecule has 0 saturated carbocycles. The van der Waals surface area contributed by atoms with Gasteiger partial charge in [0, 0.05) is 45.0 Å². The summed E-state index contributed by atoms with van der Waals surface area (Å²) in [5.41, 5.74) is 37.8.